The smallest absolute Gasteiger partial charge is 0.311 e. The molecule has 2 rings (SSSR count). The van der Waals surface area contributed by atoms with Gasteiger partial charge in [0.25, 0.3) is 0 Å². The first-order chi connectivity index (χ1) is 9.08. The second kappa shape index (κ2) is 5.67. The molecular formula is C13H12ClN3O2. The van der Waals surface area contributed by atoms with Gasteiger partial charge in [-0.25, -0.2) is 4.79 Å². The van der Waals surface area contributed by atoms with Gasteiger partial charge in [-0.2, -0.15) is 5.10 Å². The molecule has 1 aromatic heterocycles. The zero-order chi connectivity index (χ0) is 13.8. The van der Waals surface area contributed by atoms with Crippen molar-refractivity contribution in [3.63, 3.8) is 0 Å². The molecule has 0 radical (unpaired) electrons. The first-order valence-electron chi connectivity index (χ1n) is 5.58. The molecule has 0 saturated carbocycles. The van der Waals surface area contributed by atoms with Crippen LogP contribution in [-0.2, 0) is 11.9 Å². The molecule has 5 nitrogen and oxygen atoms in total. The van der Waals surface area contributed by atoms with Crippen LogP contribution in [-0.4, -0.2) is 22.0 Å². The highest BCUT2D eigenvalue weighted by atomic mass is 35.5. The molecule has 0 atom stereocenters. The van der Waals surface area contributed by atoms with Crippen LogP contribution in [0.4, 0.5) is 0 Å². The van der Waals surface area contributed by atoms with Crippen molar-refractivity contribution in [3.8, 4) is 0 Å². The van der Waals surface area contributed by atoms with E-state index in [0.29, 0.717) is 10.6 Å². The summed E-state index contributed by atoms with van der Waals surface area (Å²) in [5.74, 6) is -0.605. The van der Waals surface area contributed by atoms with Crippen LogP contribution in [0, 0.1) is 6.92 Å². The van der Waals surface area contributed by atoms with Crippen LogP contribution in [0.5, 0.6) is 0 Å². The number of rotatable bonds is 3. The number of aromatic nitrogens is 2. The number of benzene rings is 1. The molecule has 0 aliphatic heterocycles. The molecule has 19 heavy (non-hydrogen) atoms. The summed E-state index contributed by atoms with van der Waals surface area (Å²) in [6.45, 7) is 1.84. The van der Waals surface area contributed by atoms with Crippen molar-refractivity contribution >= 4 is 23.8 Å². The summed E-state index contributed by atoms with van der Waals surface area (Å²) in [7, 11) is 1.75. The molecule has 0 bridgehead atoms. The van der Waals surface area contributed by atoms with Gasteiger partial charge in [-0.3, -0.25) is 4.68 Å². The lowest BCUT2D eigenvalue weighted by Crippen LogP contribution is -2.03. The fraction of sp³-hybridized carbons (Fsp3) is 0.154. The van der Waals surface area contributed by atoms with E-state index in [2.05, 4.69) is 10.3 Å². The summed E-state index contributed by atoms with van der Waals surface area (Å²) in [6.07, 6.45) is 1.38. The van der Waals surface area contributed by atoms with E-state index in [0.717, 1.165) is 5.69 Å². The maximum absolute atomic E-state index is 11.6. The predicted octanol–water partition coefficient (Wildman–Crippen LogP) is 2.57. The van der Waals surface area contributed by atoms with E-state index in [1.165, 1.54) is 6.21 Å². The van der Waals surface area contributed by atoms with Crippen LogP contribution < -0.4 is 0 Å². The number of carbonyl (C=O) groups excluding carboxylic acids is 1. The van der Waals surface area contributed by atoms with Gasteiger partial charge < -0.3 is 4.84 Å². The Kier molecular flexibility index (Phi) is 3.97. The second-order valence-electron chi connectivity index (χ2n) is 3.93. The molecular weight excluding hydrogens is 266 g/mol. The summed E-state index contributed by atoms with van der Waals surface area (Å²) in [6, 6.07) is 8.75. The van der Waals surface area contributed by atoms with Crippen molar-refractivity contribution in [2.24, 2.45) is 12.2 Å². The van der Waals surface area contributed by atoms with Crippen LogP contribution >= 0.6 is 11.6 Å². The number of hydrogen-bond donors (Lipinski definition) is 0. The summed E-state index contributed by atoms with van der Waals surface area (Å²) < 4.78 is 1.59. The Morgan fingerprint density at radius 2 is 2.21 bits per heavy atom. The molecule has 0 amide bonds. The molecule has 1 aromatic carbocycles. The topological polar surface area (TPSA) is 56.5 Å². The third-order valence-corrected chi connectivity index (χ3v) is 2.90. The molecule has 2 aromatic rings. The summed E-state index contributed by atoms with van der Waals surface area (Å²) in [5.41, 5.74) is 1.76. The molecule has 1 heterocycles. The standard InChI is InChI=1S/C13H12ClN3O2/c1-9-7-12(16-17(9)2)13(18)19-15-8-10-5-3-4-6-11(10)14/h3-8H,1-2H3/b15-8+. The van der Waals surface area contributed by atoms with Gasteiger partial charge in [-0.15, -0.1) is 0 Å². The number of halogens is 1. The minimum absolute atomic E-state index is 0.219. The van der Waals surface area contributed by atoms with Gasteiger partial charge in [0, 0.05) is 23.3 Å². The van der Waals surface area contributed by atoms with E-state index in [4.69, 9.17) is 16.4 Å². The van der Waals surface area contributed by atoms with Crippen molar-refractivity contribution in [2.45, 2.75) is 6.92 Å². The van der Waals surface area contributed by atoms with E-state index >= 15 is 0 Å². The van der Waals surface area contributed by atoms with E-state index < -0.39 is 5.97 Å². The Labute approximate surface area is 115 Å². The molecule has 6 heteroatoms. The third-order valence-electron chi connectivity index (χ3n) is 2.56. The molecule has 98 valence electrons. The Hall–Kier alpha value is -2.14. The average molecular weight is 278 g/mol. The molecule has 0 aliphatic carbocycles. The van der Waals surface area contributed by atoms with E-state index in [1.807, 2.05) is 19.1 Å². The highest BCUT2D eigenvalue weighted by molar-refractivity contribution is 6.33. The van der Waals surface area contributed by atoms with Gasteiger partial charge >= 0.3 is 5.97 Å². The number of hydrogen-bond acceptors (Lipinski definition) is 4. The molecule has 0 unspecified atom stereocenters. The Bertz CT molecular complexity index is 615. The molecule has 0 spiro atoms. The van der Waals surface area contributed by atoms with Crippen LogP contribution in [0.1, 0.15) is 21.7 Å². The monoisotopic (exact) mass is 277 g/mol. The van der Waals surface area contributed by atoms with Crippen LogP contribution in [0.2, 0.25) is 5.02 Å². The van der Waals surface area contributed by atoms with Gasteiger partial charge in [0.15, 0.2) is 5.69 Å². The van der Waals surface area contributed by atoms with Crippen molar-refractivity contribution in [2.75, 3.05) is 0 Å². The molecule has 0 N–H and O–H groups in total. The quantitative estimate of drug-likeness (QED) is 0.492. The lowest BCUT2D eigenvalue weighted by Gasteiger charge is -1.96. The largest absolute Gasteiger partial charge is 0.385 e. The van der Waals surface area contributed by atoms with Gasteiger partial charge in [0.1, 0.15) is 0 Å². The van der Waals surface area contributed by atoms with Gasteiger partial charge in [-0.1, -0.05) is 35.0 Å². The SMILES string of the molecule is Cc1cc(C(=O)O/N=C/c2ccccc2Cl)nn1C. The molecule has 0 aliphatic rings. The predicted molar refractivity (Wildman–Crippen MR) is 72.4 cm³/mol. The second-order valence-corrected chi connectivity index (χ2v) is 4.34. The highest BCUT2D eigenvalue weighted by Gasteiger charge is 2.12. The maximum Gasteiger partial charge on any atom is 0.385 e. The van der Waals surface area contributed by atoms with Gasteiger partial charge in [0.2, 0.25) is 0 Å². The van der Waals surface area contributed by atoms with Gasteiger partial charge in [-0.05, 0) is 19.1 Å². The maximum atomic E-state index is 11.6. The summed E-state index contributed by atoms with van der Waals surface area (Å²) in [4.78, 5) is 16.4. The Balaban J connectivity index is 2.03. The minimum atomic E-state index is -0.605. The normalized spacial score (nSPS) is 10.9. The first kappa shape index (κ1) is 13.3. The highest BCUT2D eigenvalue weighted by Crippen LogP contribution is 2.12. The van der Waals surface area contributed by atoms with Crippen molar-refractivity contribution < 1.29 is 9.63 Å². The summed E-state index contributed by atoms with van der Waals surface area (Å²) in [5, 5.41) is 8.14. The lowest BCUT2D eigenvalue weighted by molar-refractivity contribution is 0.0511. The first-order valence-corrected chi connectivity index (χ1v) is 5.95. The number of nitrogens with zero attached hydrogens (tertiary/aromatic N) is 3. The fourth-order valence-electron chi connectivity index (χ4n) is 1.42. The Morgan fingerprint density at radius 1 is 1.47 bits per heavy atom. The van der Waals surface area contributed by atoms with Crippen molar-refractivity contribution in [3.05, 3.63) is 52.3 Å². The summed E-state index contributed by atoms with van der Waals surface area (Å²) >= 11 is 5.93. The number of oxime groups is 1. The zero-order valence-electron chi connectivity index (χ0n) is 10.5. The molecule has 0 fully saturated rings. The number of carbonyl (C=O) groups is 1. The Morgan fingerprint density at radius 3 is 2.84 bits per heavy atom. The van der Waals surface area contributed by atoms with E-state index in [-0.39, 0.29) is 5.69 Å². The van der Waals surface area contributed by atoms with Crippen molar-refractivity contribution in [1.29, 1.82) is 0 Å². The van der Waals surface area contributed by atoms with Crippen LogP contribution in [0.3, 0.4) is 0 Å². The zero-order valence-corrected chi connectivity index (χ0v) is 11.3. The van der Waals surface area contributed by atoms with Crippen LogP contribution in [0.15, 0.2) is 35.5 Å². The molecule has 0 saturated heterocycles. The fourth-order valence-corrected chi connectivity index (χ4v) is 1.60. The van der Waals surface area contributed by atoms with Crippen molar-refractivity contribution in [1.82, 2.24) is 9.78 Å². The minimum Gasteiger partial charge on any atom is -0.311 e. The van der Waals surface area contributed by atoms with E-state index in [1.54, 1.807) is 29.9 Å². The van der Waals surface area contributed by atoms with Gasteiger partial charge in [0.05, 0.1) is 6.21 Å². The van der Waals surface area contributed by atoms with Crippen LogP contribution in [0.25, 0.3) is 0 Å². The average Bonchev–Trinajstić information content (AvgIpc) is 2.72. The lowest BCUT2D eigenvalue weighted by atomic mass is 10.2. The number of aryl methyl sites for hydroxylation is 2. The third kappa shape index (κ3) is 3.20. The van der Waals surface area contributed by atoms with E-state index in [9.17, 15) is 4.79 Å².